The highest BCUT2D eigenvalue weighted by Crippen LogP contribution is 2.29. The Hall–Kier alpha value is -4.33. The summed E-state index contributed by atoms with van der Waals surface area (Å²) in [5.41, 5.74) is 3.99. The van der Waals surface area contributed by atoms with Crippen LogP contribution >= 0.6 is 0 Å². The molecule has 0 aliphatic heterocycles. The van der Waals surface area contributed by atoms with Gasteiger partial charge in [0.2, 0.25) is 0 Å². The third kappa shape index (κ3) is 7.33. The number of hydrogen-bond donors (Lipinski definition) is 1. The molecule has 0 spiro atoms. The molecule has 1 amide bonds. The molecule has 3 rings (SSSR count). The average molecular weight is 477 g/mol. The Morgan fingerprint density at radius 2 is 1.54 bits per heavy atom. The highest BCUT2D eigenvalue weighted by molar-refractivity contribution is 5.95. The number of hydrazone groups is 1. The summed E-state index contributed by atoms with van der Waals surface area (Å²) in [7, 11) is 1.55. The second kappa shape index (κ2) is 12.8. The van der Waals surface area contributed by atoms with E-state index in [2.05, 4.69) is 10.5 Å². The predicted molar refractivity (Wildman–Crippen MR) is 133 cm³/mol. The van der Waals surface area contributed by atoms with Gasteiger partial charge in [0, 0.05) is 5.56 Å². The van der Waals surface area contributed by atoms with Crippen LogP contribution in [0.5, 0.6) is 23.0 Å². The summed E-state index contributed by atoms with van der Waals surface area (Å²) in [5, 5.41) is 4.01. The Labute approximate surface area is 204 Å². The van der Waals surface area contributed by atoms with Crippen LogP contribution in [0.2, 0.25) is 0 Å². The molecule has 1 N–H and O–H groups in total. The van der Waals surface area contributed by atoms with Crippen molar-refractivity contribution < 1.29 is 28.5 Å². The zero-order valence-electron chi connectivity index (χ0n) is 19.9. The van der Waals surface area contributed by atoms with Gasteiger partial charge in [-0.2, -0.15) is 5.10 Å². The standard InChI is InChI=1S/C27H28N2O6/c1-4-16-34-23-13-7-20(8-14-23)26(30)29-28-18-19-6-15-24(25(17-19)33-5-2)35-27(31)21-9-11-22(32-3)12-10-21/h6-15,17-18H,4-5,16H2,1-3H3,(H,29,30). The second-order valence-corrected chi connectivity index (χ2v) is 7.33. The zero-order chi connectivity index (χ0) is 25.0. The Balaban J connectivity index is 1.64. The van der Waals surface area contributed by atoms with Crippen LogP contribution in [0.3, 0.4) is 0 Å². The van der Waals surface area contributed by atoms with Gasteiger partial charge in [-0.3, -0.25) is 4.79 Å². The van der Waals surface area contributed by atoms with Crippen molar-refractivity contribution in [3.05, 3.63) is 83.4 Å². The van der Waals surface area contributed by atoms with Gasteiger partial charge in [0.25, 0.3) is 5.91 Å². The number of hydrogen-bond acceptors (Lipinski definition) is 7. The van der Waals surface area contributed by atoms with E-state index in [0.29, 0.717) is 47.2 Å². The number of benzene rings is 3. The van der Waals surface area contributed by atoms with Gasteiger partial charge in [-0.15, -0.1) is 0 Å². The van der Waals surface area contributed by atoms with Crippen molar-refractivity contribution >= 4 is 18.1 Å². The monoisotopic (exact) mass is 476 g/mol. The molecule has 0 atom stereocenters. The lowest BCUT2D eigenvalue weighted by atomic mass is 10.2. The molecule has 0 aromatic heterocycles. The zero-order valence-corrected chi connectivity index (χ0v) is 19.9. The molecule has 0 aliphatic rings. The first kappa shape index (κ1) is 25.3. The second-order valence-electron chi connectivity index (χ2n) is 7.33. The van der Waals surface area contributed by atoms with Crippen LogP contribution in [0.4, 0.5) is 0 Å². The molecule has 3 aromatic rings. The van der Waals surface area contributed by atoms with Gasteiger partial charge in [0.15, 0.2) is 11.5 Å². The molecule has 35 heavy (non-hydrogen) atoms. The molecule has 0 bridgehead atoms. The minimum Gasteiger partial charge on any atom is -0.497 e. The summed E-state index contributed by atoms with van der Waals surface area (Å²) >= 11 is 0. The Morgan fingerprint density at radius 1 is 0.857 bits per heavy atom. The fourth-order valence-electron chi connectivity index (χ4n) is 3.00. The SMILES string of the molecule is CCCOc1ccc(C(=O)NN=Cc2ccc(OC(=O)c3ccc(OC)cc3)c(OCC)c2)cc1. The first-order valence-electron chi connectivity index (χ1n) is 11.2. The summed E-state index contributed by atoms with van der Waals surface area (Å²) in [4.78, 5) is 24.8. The van der Waals surface area contributed by atoms with E-state index in [4.69, 9.17) is 18.9 Å². The maximum absolute atomic E-state index is 12.5. The molecule has 0 unspecified atom stereocenters. The van der Waals surface area contributed by atoms with E-state index in [9.17, 15) is 9.59 Å². The Bertz CT molecular complexity index is 1160. The van der Waals surface area contributed by atoms with E-state index in [-0.39, 0.29) is 11.7 Å². The Morgan fingerprint density at radius 3 is 2.20 bits per heavy atom. The van der Waals surface area contributed by atoms with Crippen molar-refractivity contribution in [2.75, 3.05) is 20.3 Å². The first-order valence-corrected chi connectivity index (χ1v) is 11.2. The Kier molecular flexibility index (Phi) is 9.24. The number of nitrogens with zero attached hydrogens (tertiary/aromatic N) is 1. The average Bonchev–Trinajstić information content (AvgIpc) is 2.89. The van der Waals surface area contributed by atoms with Crippen LogP contribution in [-0.4, -0.2) is 38.4 Å². The predicted octanol–water partition coefficient (Wildman–Crippen LogP) is 4.87. The van der Waals surface area contributed by atoms with Crippen LogP contribution in [0, 0.1) is 0 Å². The number of amides is 1. The lowest BCUT2D eigenvalue weighted by Gasteiger charge is -2.11. The van der Waals surface area contributed by atoms with E-state index in [1.54, 1.807) is 73.8 Å². The molecule has 3 aromatic carbocycles. The van der Waals surface area contributed by atoms with Crippen molar-refractivity contribution in [2.24, 2.45) is 5.10 Å². The van der Waals surface area contributed by atoms with Crippen molar-refractivity contribution in [2.45, 2.75) is 20.3 Å². The highest BCUT2D eigenvalue weighted by atomic mass is 16.6. The minimum atomic E-state index is -0.520. The molecular weight excluding hydrogens is 448 g/mol. The van der Waals surface area contributed by atoms with Gasteiger partial charge >= 0.3 is 5.97 Å². The van der Waals surface area contributed by atoms with Gasteiger partial charge in [-0.05, 0) is 85.6 Å². The molecule has 0 saturated carbocycles. The topological polar surface area (TPSA) is 95.5 Å². The maximum Gasteiger partial charge on any atom is 0.343 e. The largest absolute Gasteiger partial charge is 0.497 e. The smallest absolute Gasteiger partial charge is 0.343 e. The van der Waals surface area contributed by atoms with Gasteiger partial charge in [0.1, 0.15) is 11.5 Å². The van der Waals surface area contributed by atoms with Crippen molar-refractivity contribution in [1.82, 2.24) is 5.43 Å². The molecule has 0 radical (unpaired) electrons. The van der Waals surface area contributed by atoms with E-state index < -0.39 is 5.97 Å². The van der Waals surface area contributed by atoms with Crippen LogP contribution < -0.4 is 24.4 Å². The molecule has 0 fully saturated rings. The van der Waals surface area contributed by atoms with Crippen LogP contribution in [0.25, 0.3) is 0 Å². The lowest BCUT2D eigenvalue weighted by Crippen LogP contribution is -2.17. The van der Waals surface area contributed by atoms with Gasteiger partial charge in [0.05, 0.1) is 32.1 Å². The van der Waals surface area contributed by atoms with Gasteiger partial charge < -0.3 is 18.9 Å². The van der Waals surface area contributed by atoms with Crippen LogP contribution in [0.15, 0.2) is 71.8 Å². The van der Waals surface area contributed by atoms with Gasteiger partial charge in [-0.1, -0.05) is 6.92 Å². The number of rotatable bonds is 11. The summed E-state index contributed by atoms with van der Waals surface area (Å²) in [6, 6.07) is 18.4. The highest BCUT2D eigenvalue weighted by Gasteiger charge is 2.13. The molecule has 8 heteroatoms. The van der Waals surface area contributed by atoms with Crippen molar-refractivity contribution in [1.29, 1.82) is 0 Å². The quantitative estimate of drug-likeness (QED) is 0.184. The number of methoxy groups -OCH3 is 1. The van der Waals surface area contributed by atoms with Crippen molar-refractivity contribution in [3.8, 4) is 23.0 Å². The number of carbonyl (C=O) groups excluding carboxylic acids is 2. The van der Waals surface area contributed by atoms with Crippen LogP contribution in [-0.2, 0) is 0 Å². The number of nitrogens with one attached hydrogen (secondary N) is 1. The molecule has 0 aliphatic carbocycles. The third-order valence-corrected chi connectivity index (χ3v) is 4.77. The number of carbonyl (C=O) groups is 2. The normalized spacial score (nSPS) is 10.6. The molecular formula is C27H28N2O6. The molecule has 0 heterocycles. The number of esters is 1. The fourth-order valence-corrected chi connectivity index (χ4v) is 3.00. The molecule has 8 nitrogen and oxygen atoms in total. The van der Waals surface area contributed by atoms with Crippen LogP contribution in [0.1, 0.15) is 46.5 Å². The first-order chi connectivity index (χ1) is 17.0. The van der Waals surface area contributed by atoms with E-state index in [1.165, 1.54) is 6.21 Å². The lowest BCUT2D eigenvalue weighted by molar-refractivity contribution is 0.0728. The fraction of sp³-hybridized carbons (Fsp3) is 0.222. The van der Waals surface area contributed by atoms with Crippen molar-refractivity contribution in [3.63, 3.8) is 0 Å². The minimum absolute atomic E-state index is 0.277. The van der Waals surface area contributed by atoms with E-state index in [0.717, 1.165) is 6.42 Å². The maximum atomic E-state index is 12.5. The van der Waals surface area contributed by atoms with Gasteiger partial charge in [-0.25, -0.2) is 10.2 Å². The summed E-state index contributed by atoms with van der Waals surface area (Å²) in [5.74, 6) is 1.15. The summed E-state index contributed by atoms with van der Waals surface area (Å²) < 4.78 is 21.8. The third-order valence-electron chi connectivity index (χ3n) is 4.77. The molecule has 0 saturated heterocycles. The van der Waals surface area contributed by atoms with E-state index >= 15 is 0 Å². The summed E-state index contributed by atoms with van der Waals surface area (Å²) in [6.45, 7) is 4.86. The molecule has 182 valence electrons. The number of ether oxygens (including phenoxy) is 4. The summed E-state index contributed by atoms with van der Waals surface area (Å²) in [6.07, 6.45) is 2.39. The van der Waals surface area contributed by atoms with E-state index in [1.807, 2.05) is 13.8 Å².